The number of amides is 1. The number of carboxylic acid groups (broad SMARTS) is 1. The van der Waals surface area contributed by atoms with E-state index in [4.69, 9.17) is 5.11 Å². The molecule has 0 aliphatic heterocycles. The molecule has 0 saturated carbocycles. The fraction of sp³-hybridized carbons (Fsp3) is 0.429. The zero-order valence-corrected chi connectivity index (χ0v) is 14.1. The number of carboxylic acids is 1. The Morgan fingerprint density at radius 2 is 1.95 bits per heavy atom. The topological polar surface area (TPSA) is 83.5 Å². The normalized spacial score (nSPS) is 13.4. The van der Waals surface area contributed by atoms with Gasteiger partial charge in [-0.2, -0.15) is 0 Å². The third-order valence-corrected chi connectivity index (χ3v) is 4.84. The second-order valence-electron chi connectivity index (χ2n) is 4.47. The van der Waals surface area contributed by atoms with Crippen LogP contribution in [0.4, 0.5) is 0 Å². The Bertz CT molecular complexity index is 518. The van der Waals surface area contributed by atoms with Crippen molar-refractivity contribution < 1.29 is 18.9 Å². The van der Waals surface area contributed by atoms with E-state index >= 15 is 0 Å². The quantitative estimate of drug-likeness (QED) is 0.730. The highest BCUT2D eigenvalue weighted by Gasteiger charge is 2.17. The van der Waals surface area contributed by atoms with Crippen molar-refractivity contribution in [1.82, 2.24) is 5.32 Å². The molecule has 1 rings (SSSR count). The number of rotatable bonds is 8. The van der Waals surface area contributed by atoms with Crippen LogP contribution < -0.4 is 5.32 Å². The predicted molar refractivity (Wildman–Crippen MR) is 84.5 cm³/mol. The highest BCUT2D eigenvalue weighted by Crippen LogP contribution is 2.14. The van der Waals surface area contributed by atoms with Crippen LogP contribution in [0.3, 0.4) is 0 Å². The summed E-state index contributed by atoms with van der Waals surface area (Å²) in [6.07, 6.45) is 0.961. The maximum atomic E-state index is 12.0. The summed E-state index contributed by atoms with van der Waals surface area (Å²) in [7, 11) is -1.15. The Labute approximate surface area is 134 Å². The molecule has 0 aliphatic rings. The molecule has 2 unspecified atom stereocenters. The Balaban J connectivity index is 2.36. The van der Waals surface area contributed by atoms with Gasteiger partial charge < -0.3 is 10.4 Å². The van der Waals surface area contributed by atoms with Crippen molar-refractivity contribution in [3.05, 3.63) is 28.7 Å². The van der Waals surface area contributed by atoms with Gasteiger partial charge >= 0.3 is 5.97 Å². The SMILES string of the molecule is CCC(NC(=O)CCCS(=O)c1ccc(Br)cc1)C(=O)O. The Morgan fingerprint density at radius 1 is 1.33 bits per heavy atom. The van der Waals surface area contributed by atoms with Gasteiger partial charge in [0.2, 0.25) is 5.91 Å². The first-order valence-corrected chi connectivity index (χ1v) is 8.71. The van der Waals surface area contributed by atoms with Gasteiger partial charge in [0.15, 0.2) is 0 Å². The molecule has 2 N–H and O–H groups in total. The monoisotopic (exact) mass is 375 g/mol. The molecule has 0 aliphatic carbocycles. The molecule has 7 heteroatoms. The number of carbonyl (C=O) groups is 2. The lowest BCUT2D eigenvalue weighted by molar-refractivity contribution is -0.141. The van der Waals surface area contributed by atoms with Crippen LogP contribution in [-0.4, -0.2) is 33.0 Å². The summed E-state index contributed by atoms with van der Waals surface area (Å²) in [5.41, 5.74) is 0. The van der Waals surface area contributed by atoms with Crippen molar-refractivity contribution in [1.29, 1.82) is 0 Å². The highest BCUT2D eigenvalue weighted by molar-refractivity contribution is 9.10. The first kappa shape index (κ1) is 17.8. The highest BCUT2D eigenvalue weighted by atomic mass is 79.9. The minimum Gasteiger partial charge on any atom is -0.480 e. The molecular weight excluding hydrogens is 358 g/mol. The molecule has 5 nitrogen and oxygen atoms in total. The van der Waals surface area contributed by atoms with Gasteiger partial charge in [-0.3, -0.25) is 9.00 Å². The lowest BCUT2D eigenvalue weighted by Crippen LogP contribution is -2.40. The lowest BCUT2D eigenvalue weighted by Gasteiger charge is -2.11. The van der Waals surface area contributed by atoms with E-state index < -0.39 is 22.8 Å². The van der Waals surface area contributed by atoms with Crippen LogP contribution in [0.2, 0.25) is 0 Å². The number of nitrogens with one attached hydrogen (secondary N) is 1. The fourth-order valence-electron chi connectivity index (χ4n) is 1.67. The number of carbonyl (C=O) groups excluding carboxylic acids is 1. The predicted octanol–water partition coefficient (Wildman–Crippen LogP) is 2.32. The number of hydrogen-bond acceptors (Lipinski definition) is 3. The van der Waals surface area contributed by atoms with Crippen molar-refractivity contribution in [2.24, 2.45) is 0 Å². The molecule has 1 aromatic rings. The van der Waals surface area contributed by atoms with Gasteiger partial charge in [-0.1, -0.05) is 22.9 Å². The summed E-state index contributed by atoms with van der Waals surface area (Å²) in [6, 6.07) is 6.34. The molecule has 0 fully saturated rings. The molecule has 116 valence electrons. The van der Waals surface area contributed by atoms with E-state index in [9.17, 15) is 13.8 Å². The summed E-state index contributed by atoms with van der Waals surface area (Å²) < 4.78 is 12.9. The van der Waals surface area contributed by atoms with E-state index in [0.717, 1.165) is 9.37 Å². The van der Waals surface area contributed by atoms with Gasteiger partial charge in [0.25, 0.3) is 0 Å². The van der Waals surface area contributed by atoms with Crippen LogP contribution in [0.5, 0.6) is 0 Å². The van der Waals surface area contributed by atoms with Gasteiger partial charge in [0.1, 0.15) is 6.04 Å². The summed E-state index contributed by atoms with van der Waals surface area (Å²) in [4.78, 5) is 23.1. The lowest BCUT2D eigenvalue weighted by atomic mass is 10.2. The summed E-state index contributed by atoms with van der Waals surface area (Å²) in [5, 5.41) is 11.3. The minimum atomic E-state index is -1.15. The largest absolute Gasteiger partial charge is 0.480 e. The van der Waals surface area contributed by atoms with Crippen molar-refractivity contribution in [2.75, 3.05) is 5.75 Å². The van der Waals surface area contributed by atoms with Crippen LogP contribution in [0.15, 0.2) is 33.6 Å². The second kappa shape index (κ2) is 8.94. The van der Waals surface area contributed by atoms with Crippen LogP contribution >= 0.6 is 15.9 Å². The van der Waals surface area contributed by atoms with Crippen LogP contribution in [0.1, 0.15) is 26.2 Å². The van der Waals surface area contributed by atoms with E-state index in [1.165, 1.54) is 0 Å². The molecule has 1 amide bonds. The van der Waals surface area contributed by atoms with Crippen LogP contribution in [0.25, 0.3) is 0 Å². The molecule has 2 atom stereocenters. The summed E-state index contributed by atoms with van der Waals surface area (Å²) in [6.45, 7) is 1.70. The van der Waals surface area contributed by atoms with E-state index in [0.29, 0.717) is 18.6 Å². The number of hydrogen-bond donors (Lipinski definition) is 2. The Hall–Kier alpha value is -1.21. The number of aliphatic carboxylic acids is 1. The molecule has 0 heterocycles. The third-order valence-electron chi connectivity index (χ3n) is 2.85. The molecular formula is C14H18BrNO4S. The average molecular weight is 376 g/mol. The number of halogens is 1. The number of benzene rings is 1. The summed E-state index contributed by atoms with van der Waals surface area (Å²) in [5.74, 6) is -0.986. The van der Waals surface area contributed by atoms with Gasteiger partial charge in [0, 0.05) is 21.5 Å². The Morgan fingerprint density at radius 3 is 2.48 bits per heavy atom. The van der Waals surface area contributed by atoms with Gasteiger partial charge in [-0.05, 0) is 37.1 Å². The van der Waals surface area contributed by atoms with Crippen molar-refractivity contribution >= 4 is 38.6 Å². The van der Waals surface area contributed by atoms with Crippen molar-refractivity contribution in [2.45, 2.75) is 37.1 Å². The average Bonchev–Trinajstić information content (AvgIpc) is 2.45. The maximum Gasteiger partial charge on any atom is 0.326 e. The second-order valence-corrected chi connectivity index (χ2v) is 6.96. The molecule has 21 heavy (non-hydrogen) atoms. The summed E-state index contributed by atoms with van der Waals surface area (Å²) >= 11 is 3.31. The minimum absolute atomic E-state index is 0.173. The van der Waals surface area contributed by atoms with Gasteiger partial charge in [-0.15, -0.1) is 0 Å². The van der Waals surface area contributed by atoms with Crippen molar-refractivity contribution in [3.8, 4) is 0 Å². The zero-order chi connectivity index (χ0) is 15.8. The van der Waals surface area contributed by atoms with Crippen LogP contribution in [0, 0.1) is 0 Å². The maximum absolute atomic E-state index is 12.0. The van der Waals surface area contributed by atoms with Crippen LogP contribution in [-0.2, 0) is 20.4 Å². The van der Waals surface area contributed by atoms with E-state index in [2.05, 4.69) is 21.2 Å². The first-order chi connectivity index (χ1) is 9.93. The molecule has 0 aromatic heterocycles. The van der Waals surface area contributed by atoms with E-state index in [-0.39, 0.29) is 12.3 Å². The fourth-order valence-corrected chi connectivity index (χ4v) is 3.02. The van der Waals surface area contributed by atoms with E-state index in [1.807, 2.05) is 12.1 Å². The van der Waals surface area contributed by atoms with Crippen molar-refractivity contribution in [3.63, 3.8) is 0 Å². The molecule has 0 bridgehead atoms. The Kier molecular flexibility index (Phi) is 7.60. The molecule has 0 spiro atoms. The van der Waals surface area contributed by atoms with Gasteiger partial charge in [-0.25, -0.2) is 4.79 Å². The zero-order valence-electron chi connectivity index (χ0n) is 11.7. The van der Waals surface area contributed by atoms with Gasteiger partial charge in [0.05, 0.1) is 10.8 Å². The smallest absolute Gasteiger partial charge is 0.326 e. The van der Waals surface area contributed by atoms with E-state index in [1.54, 1.807) is 19.1 Å². The third kappa shape index (κ3) is 6.39. The molecule has 0 saturated heterocycles. The molecule has 1 aromatic carbocycles. The first-order valence-electron chi connectivity index (χ1n) is 6.60. The standard InChI is InChI=1S/C14H18BrNO4S/c1-2-12(14(18)19)16-13(17)4-3-9-21(20)11-7-5-10(15)6-8-11/h5-8,12H,2-4,9H2,1H3,(H,16,17)(H,18,19). The molecule has 0 radical (unpaired) electrons.